The molecule has 0 aliphatic rings. The van der Waals surface area contributed by atoms with E-state index in [2.05, 4.69) is 40.2 Å². The van der Waals surface area contributed by atoms with Crippen LogP contribution >= 0.6 is 39.3 Å². The van der Waals surface area contributed by atoms with Gasteiger partial charge in [-0.15, -0.1) is 11.8 Å². The first-order valence-corrected chi connectivity index (χ1v) is 11.0. The topological polar surface area (TPSA) is 46.5 Å². The van der Waals surface area contributed by atoms with Gasteiger partial charge in [-0.3, -0.25) is 0 Å². The zero-order chi connectivity index (χ0) is 20.6. The predicted octanol–water partition coefficient (Wildman–Crippen LogP) is 6.79. The van der Waals surface area contributed by atoms with Crippen molar-refractivity contribution < 1.29 is 14.6 Å². The Morgan fingerprint density at radius 3 is 2.48 bits per heavy atom. The standard InChI is InChI=1S/C23H18BrClO3S/c24-21-14-19(28-15-23(26)27)9-10-22(21)29-12-11-20(16-5-2-1-3-6-16)17-7-4-8-18(25)13-17/h1-11,13-14H,12,15H2,(H,26,27). The first-order chi connectivity index (χ1) is 14.0. The molecule has 3 rings (SSSR count). The van der Waals surface area contributed by atoms with Gasteiger partial charge in [-0.05, 0) is 63.0 Å². The van der Waals surface area contributed by atoms with Crippen LogP contribution in [-0.2, 0) is 4.79 Å². The zero-order valence-electron chi connectivity index (χ0n) is 15.3. The molecular weight excluding hydrogens is 472 g/mol. The minimum absolute atomic E-state index is 0.359. The van der Waals surface area contributed by atoms with Crippen LogP contribution in [0.1, 0.15) is 11.1 Å². The molecule has 3 aromatic rings. The van der Waals surface area contributed by atoms with E-state index >= 15 is 0 Å². The van der Waals surface area contributed by atoms with Crippen molar-refractivity contribution in [3.8, 4) is 5.75 Å². The maximum Gasteiger partial charge on any atom is 0.341 e. The molecule has 0 amide bonds. The van der Waals surface area contributed by atoms with Gasteiger partial charge in [0.15, 0.2) is 6.61 Å². The molecule has 3 aromatic carbocycles. The van der Waals surface area contributed by atoms with Crippen LogP contribution in [0.3, 0.4) is 0 Å². The Bertz CT molecular complexity index is 1020. The Kier molecular flexibility index (Phi) is 7.81. The molecule has 0 saturated carbocycles. The fourth-order valence-electron chi connectivity index (χ4n) is 2.72. The maximum atomic E-state index is 10.6. The van der Waals surface area contributed by atoms with Gasteiger partial charge in [0.05, 0.1) is 0 Å². The van der Waals surface area contributed by atoms with E-state index in [0.717, 1.165) is 31.8 Å². The molecule has 1 N–H and O–H groups in total. The Morgan fingerprint density at radius 1 is 1.03 bits per heavy atom. The van der Waals surface area contributed by atoms with Crippen molar-refractivity contribution in [3.63, 3.8) is 0 Å². The largest absolute Gasteiger partial charge is 0.482 e. The van der Waals surface area contributed by atoms with Crippen molar-refractivity contribution >= 4 is 50.8 Å². The van der Waals surface area contributed by atoms with Crippen molar-refractivity contribution in [2.45, 2.75) is 4.90 Å². The van der Waals surface area contributed by atoms with E-state index < -0.39 is 5.97 Å². The van der Waals surface area contributed by atoms with E-state index in [9.17, 15) is 4.79 Å². The summed E-state index contributed by atoms with van der Waals surface area (Å²) < 4.78 is 6.07. The van der Waals surface area contributed by atoms with Crippen molar-refractivity contribution in [3.05, 3.63) is 99.5 Å². The fraction of sp³-hybridized carbons (Fsp3) is 0.0870. The third kappa shape index (κ3) is 6.39. The number of thioether (sulfide) groups is 1. The summed E-state index contributed by atoms with van der Waals surface area (Å²) >= 11 is 11.4. The number of hydrogen-bond acceptors (Lipinski definition) is 3. The lowest BCUT2D eigenvalue weighted by atomic mass is 9.98. The summed E-state index contributed by atoms with van der Waals surface area (Å²) in [6.07, 6.45) is 2.19. The Labute approximate surface area is 187 Å². The monoisotopic (exact) mass is 488 g/mol. The van der Waals surface area contributed by atoms with E-state index in [1.165, 1.54) is 0 Å². The summed E-state index contributed by atoms with van der Waals surface area (Å²) in [5.41, 5.74) is 3.32. The van der Waals surface area contributed by atoms with E-state index in [1.54, 1.807) is 23.9 Å². The summed E-state index contributed by atoms with van der Waals surface area (Å²) in [4.78, 5) is 11.7. The van der Waals surface area contributed by atoms with Crippen LogP contribution in [-0.4, -0.2) is 23.4 Å². The highest BCUT2D eigenvalue weighted by Crippen LogP contribution is 2.32. The van der Waals surface area contributed by atoms with Crippen molar-refractivity contribution in [2.24, 2.45) is 0 Å². The molecule has 3 nitrogen and oxygen atoms in total. The first kappa shape index (κ1) is 21.5. The lowest BCUT2D eigenvalue weighted by Gasteiger charge is -2.10. The highest BCUT2D eigenvalue weighted by Gasteiger charge is 2.07. The van der Waals surface area contributed by atoms with Gasteiger partial charge in [-0.1, -0.05) is 60.1 Å². The van der Waals surface area contributed by atoms with Gasteiger partial charge in [-0.2, -0.15) is 0 Å². The third-order valence-electron chi connectivity index (χ3n) is 4.01. The summed E-state index contributed by atoms with van der Waals surface area (Å²) in [5.74, 6) is 0.271. The van der Waals surface area contributed by atoms with Crippen LogP contribution in [0, 0.1) is 0 Å². The molecule has 0 atom stereocenters. The Balaban J connectivity index is 1.77. The normalized spacial score (nSPS) is 11.3. The molecule has 0 radical (unpaired) electrons. The molecule has 29 heavy (non-hydrogen) atoms. The van der Waals surface area contributed by atoms with Crippen molar-refractivity contribution in [1.29, 1.82) is 0 Å². The average molecular weight is 490 g/mol. The van der Waals surface area contributed by atoms with Gasteiger partial charge in [0.25, 0.3) is 0 Å². The minimum Gasteiger partial charge on any atom is -0.482 e. The smallest absolute Gasteiger partial charge is 0.341 e. The SMILES string of the molecule is O=C(O)COc1ccc(SCC=C(c2ccccc2)c2cccc(Cl)c2)c(Br)c1. The molecule has 6 heteroatoms. The molecular formula is C23H18BrClO3S. The van der Waals surface area contributed by atoms with Crippen molar-refractivity contribution in [1.82, 2.24) is 0 Å². The quantitative estimate of drug-likeness (QED) is 0.354. The number of hydrogen-bond donors (Lipinski definition) is 1. The maximum absolute atomic E-state index is 10.6. The van der Waals surface area contributed by atoms with Crippen LogP contribution in [0.15, 0.2) is 88.2 Å². The van der Waals surface area contributed by atoms with Crippen LogP contribution in [0.2, 0.25) is 5.02 Å². The number of carboxylic acid groups (broad SMARTS) is 1. The molecule has 0 aliphatic carbocycles. The van der Waals surface area contributed by atoms with Gasteiger partial charge in [-0.25, -0.2) is 4.79 Å². The van der Waals surface area contributed by atoms with Crippen LogP contribution in [0.4, 0.5) is 0 Å². The van der Waals surface area contributed by atoms with Crippen LogP contribution in [0.25, 0.3) is 5.57 Å². The lowest BCUT2D eigenvalue weighted by Crippen LogP contribution is -2.09. The second kappa shape index (κ2) is 10.5. The molecule has 0 unspecified atom stereocenters. The zero-order valence-corrected chi connectivity index (χ0v) is 18.5. The first-order valence-electron chi connectivity index (χ1n) is 8.81. The molecule has 0 heterocycles. The average Bonchev–Trinajstić information content (AvgIpc) is 2.71. The summed E-state index contributed by atoms with van der Waals surface area (Å²) in [5, 5.41) is 9.42. The number of aliphatic carboxylic acids is 1. The number of rotatable bonds is 8. The number of halogens is 2. The second-order valence-corrected chi connectivity index (χ2v) is 8.43. The Morgan fingerprint density at radius 2 is 1.79 bits per heavy atom. The summed E-state index contributed by atoms with van der Waals surface area (Å²) in [6, 6.07) is 23.5. The highest BCUT2D eigenvalue weighted by molar-refractivity contribution is 9.10. The van der Waals surface area contributed by atoms with Gasteiger partial charge < -0.3 is 9.84 Å². The molecule has 0 aliphatic heterocycles. The Hall–Kier alpha value is -2.21. The number of carboxylic acids is 1. The van der Waals surface area contributed by atoms with Gasteiger partial charge in [0.1, 0.15) is 5.75 Å². The molecule has 0 fully saturated rings. The minimum atomic E-state index is -1.00. The predicted molar refractivity (Wildman–Crippen MR) is 123 cm³/mol. The summed E-state index contributed by atoms with van der Waals surface area (Å²) in [7, 11) is 0. The second-order valence-electron chi connectivity index (χ2n) is 6.08. The number of benzene rings is 3. The van der Waals surface area contributed by atoms with E-state index in [4.69, 9.17) is 21.4 Å². The lowest BCUT2D eigenvalue weighted by molar-refractivity contribution is -0.139. The van der Waals surface area contributed by atoms with Crippen LogP contribution < -0.4 is 4.74 Å². The van der Waals surface area contributed by atoms with E-state index in [1.807, 2.05) is 42.5 Å². The summed E-state index contributed by atoms with van der Waals surface area (Å²) in [6.45, 7) is -0.359. The van der Waals surface area contributed by atoms with Gasteiger partial charge >= 0.3 is 5.97 Å². The van der Waals surface area contributed by atoms with Crippen LogP contribution in [0.5, 0.6) is 5.75 Å². The van der Waals surface area contributed by atoms with Gasteiger partial charge in [0, 0.05) is 20.1 Å². The molecule has 0 saturated heterocycles. The molecule has 0 bridgehead atoms. The number of ether oxygens (including phenoxy) is 1. The van der Waals surface area contributed by atoms with E-state index in [0.29, 0.717) is 10.8 Å². The van der Waals surface area contributed by atoms with Crippen molar-refractivity contribution in [2.75, 3.05) is 12.4 Å². The third-order valence-corrected chi connectivity index (χ3v) is 6.17. The van der Waals surface area contributed by atoms with E-state index in [-0.39, 0.29) is 6.61 Å². The molecule has 148 valence electrons. The number of carbonyl (C=O) groups is 1. The molecule has 0 aromatic heterocycles. The fourth-order valence-corrected chi connectivity index (χ4v) is 4.41. The van der Waals surface area contributed by atoms with Gasteiger partial charge in [0.2, 0.25) is 0 Å². The highest BCUT2D eigenvalue weighted by atomic mass is 79.9. The molecule has 0 spiro atoms.